The standard InChI is InChI=1S/C40H46F3N3O5/c41-32-10-6-8-28-22-45(24-31(28)32)39(50)51-30-18-35-36(47)20-40(38(49)44-21-26-11-12-26)19-29(40)9-5-3-1-2-4-7-27(37(48)46(35)23-30)15-13-25-14-16-33(42)34(43)17-25/h5-6,8-10,14,16-17,26-27,29-30,35H,1-4,7,11-13,15,18-24H2,(H,44,49)/b9-5-/t27-,29-,30-,35+,40-/m1/s1. The van der Waals surface area contributed by atoms with E-state index in [4.69, 9.17) is 4.74 Å². The van der Waals surface area contributed by atoms with E-state index in [-0.39, 0.29) is 61.8 Å². The van der Waals surface area contributed by atoms with Crippen molar-refractivity contribution in [2.45, 2.75) is 102 Å². The van der Waals surface area contributed by atoms with Crippen molar-refractivity contribution >= 4 is 23.7 Å². The van der Waals surface area contributed by atoms with Gasteiger partial charge in [-0.2, -0.15) is 0 Å². The number of halogens is 3. The quantitative estimate of drug-likeness (QED) is 0.321. The van der Waals surface area contributed by atoms with Crippen LogP contribution in [0.4, 0.5) is 18.0 Å². The molecular weight excluding hydrogens is 659 g/mol. The summed E-state index contributed by atoms with van der Waals surface area (Å²) in [6.45, 7) is 0.879. The second kappa shape index (κ2) is 14.8. The Morgan fingerprint density at radius 1 is 0.961 bits per heavy atom. The van der Waals surface area contributed by atoms with Gasteiger partial charge in [0.15, 0.2) is 17.4 Å². The summed E-state index contributed by atoms with van der Waals surface area (Å²) in [5.74, 6) is -2.93. The van der Waals surface area contributed by atoms with Gasteiger partial charge < -0.3 is 15.0 Å². The van der Waals surface area contributed by atoms with Gasteiger partial charge in [0.2, 0.25) is 11.8 Å². The van der Waals surface area contributed by atoms with Gasteiger partial charge >= 0.3 is 6.09 Å². The van der Waals surface area contributed by atoms with Crippen LogP contribution < -0.4 is 5.32 Å². The molecule has 1 saturated heterocycles. The summed E-state index contributed by atoms with van der Waals surface area (Å²) >= 11 is 0. The van der Waals surface area contributed by atoms with Gasteiger partial charge in [0, 0.05) is 37.4 Å². The second-order valence-corrected chi connectivity index (χ2v) is 15.3. The molecule has 7 rings (SSSR count). The molecule has 0 spiro atoms. The van der Waals surface area contributed by atoms with Crippen LogP contribution in [0.25, 0.3) is 0 Å². The number of carbonyl (C=O) groups excluding carboxylic acids is 4. The molecule has 272 valence electrons. The van der Waals surface area contributed by atoms with E-state index >= 15 is 0 Å². The average Bonchev–Trinajstić information content (AvgIpc) is 3.97. The molecule has 1 N–H and O–H groups in total. The minimum atomic E-state index is -0.943. The van der Waals surface area contributed by atoms with Gasteiger partial charge in [0.1, 0.15) is 11.9 Å². The SMILES string of the molecule is O=C1C[C@]2(C(=O)NCC3CC3)C[C@H]2/C=C\CCCCC[C@H](CCc2ccc(F)c(F)c2)C(=O)N2C[C@H](OC(=O)N3Cc4cccc(F)c4C3)C[C@@H]12. The zero-order valence-electron chi connectivity index (χ0n) is 28.9. The first-order valence-electron chi connectivity index (χ1n) is 18.5. The highest BCUT2D eigenvalue weighted by atomic mass is 19.2. The summed E-state index contributed by atoms with van der Waals surface area (Å²) in [5.41, 5.74) is 0.856. The molecule has 51 heavy (non-hydrogen) atoms. The number of aryl methyl sites for hydroxylation is 1. The van der Waals surface area contributed by atoms with E-state index in [9.17, 15) is 32.3 Å². The average molecular weight is 706 g/mol. The lowest BCUT2D eigenvalue weighted by Gasteiger charge is -2.29. The highest BCUT2D eigenvalue weighted by Crippen LogP contribution is 2.57. The molecule has 3 heterocycles. The summed E-state index contributed by atoms with van der Waals surface area (Å²) in [7, 11) is 0. The highest BCUT2D eigenvalue weighted by Gasteiger charge is 2.60. The van der Waals surface area contributed by atoms with Crippen LogP contribution >= 0.6 is 0 Å². The number of carbonyl (C=O) groups is 4. The third-order valence-corrected chi connectivity index (χ3v) is 11.6. The Labute approximate surface area is 296 Å². The van der Waals surface area contributed by atoms with E-state index in [1.165, 1.54) is 21.9 Å². The smallest absolute Gasteiger partial charge is 0.410 e. The van der Waals surface area contributed by atoms with E-state index in [0.29, 0.717) is 54.8 Å². The third-order valence-electron chi connectivity index (χ3n) is 11.6. The number of hydrogen-bond acceptors (Lipinski definition) is 5. The largest absolute Gasteiger partial charge is 0.444 e. The van der Waals surface area contributed by atoms with Crippen LogP contribution in [0.5, 0.6) is 0 Å². The van der Waals surface area contributed by atoms with Crippen molar-refractivity contribution in [1.82, 2.24) is 15.1 Å². The highest BCUT2D eigenvalue weighted by molar-refractivity contribution is 5.97. The number of hydrogen-bond donors (Lipinski definition) is 1. The molecule has 2 aromatic carbocycles. The number of amides is 3. The lowest BCUT2D eigenvalue weighted by Crippen LogP contribution is -2.45. The van der Waals surface area contributed by atoms with Gasteiger partial charge in [-0.3, -0.25) is 19.3 Å². The number of benzene rings is 2. The molecule has 0 bridgehead atoms. The lowest BCUT2D eigenvalue weighted by atomic mass is 9.90. The van der Waals surface area contributed by atoms with Gasteiger partial charge in [0.25, 0.3) is 0 Å². The molecule has 3 fully saturated rings. The molecule has 2 saturated carbocycles. The van der Waals surface area contributed by atoms with Crippen molar-refractivity contribution in [3.05, 3.63) is 82.7 Å². The van der Waals surface area contributed by atoms with Gasteiger partial charge in [-0.05, 0) is 92.5 Å². The minimum Gasteiger partial charge on any atom is -0.444 e. The number of nitrogens with one attached hydrogen (secondary N) is 1. The summed E-state index contributed by atoms with van der Waals surface area (Å²) in [6, 6.07) is 7.59. The van der Waals surface area contributed by atoms with Crippen LogP contribution in [-0.4, -0.2) is 58.7 Å². The number of fused-ring (bicyclic) bond motifs is 3. The molecule has 0 unspecified atom stereocenters. The lowest BCUT2D eigenvalue weighted by molar-refractivity contribution is -0.142. The molecule has 0 radical (unpaired) electrons. The van der Waals surface area contributed by atoms with Crippen molar-refractivity contribution in [3.63, 3.8) is 0 Å². The fourth-order valence-electron chi connectivity index (χ4n) is 8.20. The van der Waals surface area contributed by atoms with Crippen LogP contribution in [0.2, 0.25) is 0 Å². The number of nitrogens with zero attached hydrogens (tertiary/aromatic N) is 2. The topological polar surface area (TPSA) is 96.0 Å². The fourth-order valence-corrected chi connectivity index (χ4v) is 8.20. The van der Waals surface area contributed by atoms with Crippen molar-refractivity contribution < 1.29 is 37.1 Å². The molecule has 0 aromatic heterocycles. The van der Waals surface area contributed by atoms with Crippen molar-refractivity contribution in [3.8, 4) is 0 Å². The van der Waals surface area contributed by atoms with E-state index in [2.05, 4.69) is 17.5 Å². The first-order chi connectivity index (χ1) is 24.6. The van der Waals surface area contributed by atoms with Crippen LogP contribution in [0, 0.1) is 40.6 Å². The van der Waals surface area contributed by atoms with Crippen LogP contribution in [0.15, 0.2) is 48.6 Å². The molecule has 11 heteroatoms. The fraction of sp³-hybridized carbons (Fsp3) is 0.550. The molecule has 8 nitrogen and oxygen atoms in total. The van der Waals surface area contributed by atoms with Crippen LogP contribution in [0.1, 0.15) is 87.3 Å². The monoisotopic (exact) mass is 705 g/mol. The van der Waals surface area contributed by atoms with E-state index < -0.39 is 41.2 Å². The molecule has 3 amide bonds. The van der Waals surface area contributed by atoms with E-state index in [0.717, 1.165) is 50.7 Å². The minimum absolute atomic E-state index is 0.0159. The predicted octanol–water partition coefficient (Wildman–Crippen LogP) is 6.79. The number of allylic oxidation sites excluding steroid dienone is 2. The van der Waals surface area contributed by atoms with Gasteiger partial charge in [0.05, 0.1) is 24.5 Å². The van der Waals surface area contributed by atoms with Crippen molar-refractivity contribution in [2.24, 2.45) is 23.2 Å². The molecule has 5 aliphatic rings. The number of ketones is 1. The Morgan fingerprint density at radius 2 is 1.80 bits per heavy atom. The maximum absolute atomic E-state index is 14.5. The van der Waals surface area contributed by atoms with E-state index in [1.54, 1.807) is 12.1 Å². The number of Topliss-reactive ketones (excluding diaryl/α,β-unsaturated/α-hetero) is 1. The zero-order valence-corrected chi connectivity index (χ0v) is 28.9. The Morgan fingerprint density at radius 3 is 2.59 bits per heavy atom. The van der Waals surface area contributed by atoms with Gasteiger partial charge in [-0.15, -0.1) is 0 Å². The first-order valence-corrected chi connectivity index (χ1v) is 18.5. The summed E-state index contributed by atoms with van der Waals surface area (Å²) in [4.78, 5) is 58.8. The molecule has 3 aliphatic heterocycles. The predicted molar refractivity (Wildman–Crippen MR) is 182 cm³/mol. The summed E-state index contributed by atoms with van der Waals surface area (Å²) < 4.78 is 48.0. The Bertz CT molecular complexity index is 1710. The molecule has 2 aromatic rings. The van der Waals surface area contributed by atoms with Crippen molar-refractivity contribution in [2.75, 3.05) is 13.1 Å². The number of rotatable bonds is 7. The Hall–Kier alpha value is -4.15. The summed E-state index contributed by atoms with van der Waals surface area (Å²) in [6.07, 6.45) is 10.3. The zero-order chi connectivity index (χ0) is 35.7. The Balaban J connectivity index is 1.11. The van der Waals surface area contributed by atoms with Crippen LogP contribution in [0.3, 0.4) is 0 Å². The normalized spacial score (nSPS) is 28.6. The molecule has 5 atom stereocenters. The summed E-state index contributed by atoms with van der Waals surface area (Å²) in [5, 5.41) is 3.10. The maximum Gasteiger partial charge on any atom is 0.410 e. The maximum atomic E-state index is 14.5. The first kappa shape index (κ1) is 35.3. The Kier molecular flexibility index (Phi) is 10.3. The van der Waals surface area contributed by atoms with Crippen molar-refractivity contribution in [1.29, 1.82) is 0 Å². The second-order valence-electron chi connectivity index (χ2n) is 15.3. The van der Waals surface area contributed by atoms with Crippen LogP contribution in [-0.2, 0) is 38.6 Å². The third kappa shape index (κ3) is 7.87. The molecular formula is C40H46F3N3O5. The molecule has 2 aliphatic carbocycles. The number of ether oxygens (including phenoxy) is 1. The van der Waals surface area contributed by atoms with Gasteiger partial charge in [-0.1, -0.05) is 43.2 Å². The van der Waals surface area contributed by atoms with Gasteiger partial charge in [-0.25, -0.2) is 18.0 Å². The van der Waals surface area contributed by atoms with E-state index in [1.807, 2.05) is 0 Å².